The highest BCUT2D eigenvalue weighted by molar-refractivity contribution is 7.96. The predicted octanol–water partition coefficient (Wildman–Crippen LogP) is 2.69. The van der Waals surface area contributed by atoms with Crippen molar-refractivity contribution in [1.82, 2.24) is 0 Å². The van der Waals surface area contributed by atoms with Crippen LogP contribution >= 0.6 is 0 Å². The number of hydrogen-bond donors (Lipinski definition) is 0. The van der Waals surface area contributed by atoms with Crippen LogP contribution in [0, 0.1) is 0 Å². The molecule has 0 N–H and O–H groups in total. The van der Waals surface area contributed by atoms with Gasteiger partial charge in [0.15, 0.2) is 11.5 Å². The molecule has 5 heteroatoms. The first kappa shape index (κ1) is 17.0. The fourth-order valence-electron chi connectivity index (χ4n) is 1.91. The molecule has 0 aliphatic rings. The molecule has 0 radical (unpaired) electrons. The molecular formula is C18H18NO3S+. The van der Waals surface area contributed by atoms with Crippen molar-refractivity contribution in [3.05, 3.63) is 71.8 Å². The van der Waals surface area contributed by atoms with Crippen molar-refractivity contribution in [3.63, 3.8) is 0 Å². The van der Waals surface area contributed by atoms with E-state index >= 15 is 0 Å². The molecule has 23 heavy (non-hydrogen) atoms. The van der Waals surface area contributed by atoms with Crippen molar-refractivity contribution in [2.75, 3.05) is 18.3 Å². The summed E-state index contributed by atoms with van der Waals surface area (Å²) in [7, 11) is -0.0611. The molecule has 0 aliphatic carbocycles. The number of ketones is 1. The van der Waals surface area contributed by atoms with Gasteiger partial charge in [0.2, 0.25) is 5.78 Å². The Morgan fingerprint density at radius 1 is 0.913 bits per heavy atom. The Morgan fingerprint density at radius 2 is 1.43 bits per heavy atom. The van der Waals surface area contributed by atoms with Crippen molar-refractivity contribution in [1.29, 1.82) is 0 Å². The summed E-state index contributed by atoms with van der Waals surface area (Å²) in [6, 6.07) is 17.6. The zero-order valence-corrected chi connectivity index (χ0v) is 13.9. The topological polar surface area (TPSA) is 55.7 Å². The molecule has 4 nitrogen and oxygen atoms in total. The van der Waals surface area contributed by atoms with E-state index in [1.807, 2.05) is 36.8 Å². The minimum Gasteiger partial charge on any atom is -0.312 e. The van der Waals surface area contributed by atoms with Crippen LogP contribution in [-0.2, 0) is 20.5 Å². The molecule has 0 atom stereocenters. The van der Waals surface area contributed by atoms with E-state index in [4.69, 9.17) is 4.84 Å². The lowest BCUT2D eigenvalue weighted by molar-refractivity contribution is -0.110. The molecule has 2 rings (SSSR count). The second kappa shape index (κ2) is 8.29. The van der Waals surface area contributed by atoms with E-state index in [2.05, 4.69) is 5.16 Å². The van der Waals surface area contributed by atoms with Gasteiger partial charge in [-0.15, -0.1) is 0 Å². The van der Waals surface area contributed by atoms with E-state index < -0.39 is 5.97 Å². The van der Waals surface area contributed by atoms with Gasteiger partial charge in [0, 0.05) is 5.56 Å². The van der Waals surface area contributed by atoms with Crippen LogP contribution in [0.4, 0.5) is 0 Å². The average molecular weight is 328 g/mol. The number of benzene rings is 2. The molecule has 2 aromatic rings. The molecule has 0 aromatic heterocycles. The summed E-state index contributed by atoms with van der Waals surface area (Å²) in [5.41, 5.74) is 1.21. The Balaban J connectivity index is 2.23. The van der Waals surface area contributed by atoms with Crippen LogP contribution < -0.4 is 0 Å². The van der Waals surface area contributed by atoms with Gasteiger partial charge in [-0.25, -0.2) is 4.79 Å². The molecule has 0 spiro atoms. The maximum absolute atomic E-state index is 12.4. The van der Waals surface area contributed by atoms with Crippen LogP contribution in [0.15, 0.2) is 65.8 Å². The van der Waals surface area contributed by atoms with Crippen LogP contribution in [0.1, 0.15) is 15.9 Å². The summed E-state index contributed by atoms with van der Waals surface area (Å²) >= 11 is 0. The van der Waals surface area contributed by atoms with Crippen molar-refractivity contribution >= 4 is 28.4 Å². The molecular weight excluding hydrogens is 310 g/mol. The third-order valence-corrected chi connectivity index (χ3v) is 3.80. The number of carbonyl (C=O) groups excluding carboxylic acids is 2. The number of hydrogen-bond acceptors (Lipinski definition) is 4. The largest absolute Gasteiger partial charge is 0.365 e. The number of carbonyl (C=O) groups is 2. The summed E-state index contributed by atoms with van der Waals surface area (Å²) in [6.07, 6.45) is 3.97. The van der Waals surface area contributed by atoms with Crippen LogP contribution in [0.2, 0.25) is 0 Å². The van der Waals surface area contributed by atoms with E-state index in [9.17, 15) is 9.59 Å². The van der Waals surface area contributed by atoms with Crippen molar-refractivity contribution in [3.8, 4) is 0 Å². The van der Waals surface area contributed by atoms with Gasteiger partial charge in [0.05, 0.1) is 18.1 Å². The molecule has 0 bridgehead atoms. The summed E-state index contributed by atoms with van der Waals surface area (Å²) in [6.45, 7) is 0. The monoisotopic (exact) mass is 328 g/mol. The summed E-state index contributed by atoms with van der Waals surface area (Å²) in [5.74, 6) is -0.347. The van der Waals surface area contributed by atoms with E-state index in [0.717, 1.165) is 0 Å². The average Bonchev–Trinajstić information content (AvgIpc) is 2.56. The van der Waals surface area contributed by atoms with Gasteiger partial charge in [-0.2, -0.15) is 0 Å². The molecule has 0 saturated carbocycles. The van der Waals surface area contributed by atoms with Gasteiger partial charge in [-0.1, -0.05) is 53.7 Å². The first-order valence-corrected chi connectivity index (χ1v) is 9.26. The highest BCUT2D eigenvalue weighted by Gasteiger charge is 2.21. The second-order valence-corrected chi connectivity index (χ2v) is 7.36. The predicted molar refractivity (Wildman–Crippen MR) is 93.9 cm³/mol. The maximum atomic E-state index is 12.4. The summed E-state index contributed by atoms with van der Waals surface area (Å²) in [4.78, 5) is 29.4. The molecule has 0 heterocycles. The van der Waals surface area contributed by atoms with Gasteiger partial charge >= 0.3 is 5.97 Å². The smallest absolute Gasteiger partial charge is 0.312 e. The van der Waals surface area contributed by atoms with Crippen LogP contribution in [0.3, 0.4) is 0 Å². The van der Waals surface area contributed by atoms with Crippen LogP contribution in [-0.4, -0.2) is 35.7 Å². The van der Waals surface area contributed by atoms with E-state index in [1.54, 1.807) is 36.4 Å². The summed E-state index contributed by atoms with van der Waals surface area (Å²) in [5, 5.41) is 3.85. The Morgan fingerprint density at radius 3 is 1.96 bits per heavy atom. The number of rotatable bonds is 6. The molecule has 0 saturated heterocycles. The highest BCUT2D eigenvalue weighted by Crippen LogP contribution is 2.07. The lowest BCUT2D eigenvalue weighted by Crippen LogP contribution is -2.24. The fraction of sp³-hybridized carbons (Fsp3) is 0.167. The third-order valence-electron chi connectivity index (χ3n) is 2.96. The molecule has 0 amide bonds. The quantitative estimate of drug-likeness (QED) is 0.354. The Kier molecular flexibility index (Phi) is 6.11. The van der Waals surface area contributed by atoms with E-state index in [-0.39, 0.29) is 22.4 Å². The van der Waals surface area contributed by atoms with Gasteiger partial charge in [0.25, 0.3) is 0 Å². The van der Waals surface area contributed by atoms with Crippen LogP contribution in [0.25, 0.3) is 0 Å². The number of oxime groups is 1. The Labute approximate surface area is 138 Å². The Bertz CT molecular complexity index is 697. The van der Waals surface area contributed by atoms with Crippen molar-refractivity contribution < 1.29 is 14.4 Å². The maximum Gasteiger partial charge on any atom is 0.365 e. The standard InChI is InChI=1S/C18H18NO3S/c1-23(2)13-16(20)17(14-9-5-3-6-10-14)19-22-18(21)15-11-7-4-8-12-15/h3-12H,13H2,1-2H3/q+1. The first-order valence-electron chi connectivity index (χ1n) is 7.05. The number of Topliss-reactive ketones (excluding diaryl/α,β-unsaturated/α-hetero) is 1. The van der Waals surface area contributed by atoms with Gasteiger partial charge in [-0.3, -0.25) is 4.79 Å². The Hall–Kier alpha value is -2.40. The fourth-order valence-corrected chi connectivity index (χ4v) is 2.57. The van der Waals surface area contributed by atoms with Crippen molar-refractivity contribution in [2.24, 2.45) is 5.16 Å². The van der Waals surface area contributed by atoms with Crippen molar-refractivity contribution in [2.45, 2.75) is 0 Å². The normalized spacial score (nSPS) is 11.3. The second-order valence-electron chi connectivity index (χ2n) is 5.10. The molecule has 0 aliphatic heterocycles. The molecule has 0 fully saturated rings. The molecule has 0 unspecified atom stereocenters. The lowest BCUT2D eigenvalue weighted by atomic mass is 10.1. The molecule has 118 valence electrons. The highest BCUT2D eigenvalue weighted by atomic mass is 32.2. The van der Waals surface area contributed by atoms with Crippen LogP contribution in [0.5, 0.6) is 0 Å². The molecule has 2 aromatic carbocycles. The van der Waals surface area contributed by atoms with E-state index in [1.165, 1.54) is 0 Å². The van der Waals surface area contributed by atoms with Gasteiger partial charge < -0.3 is 4.84 Å². The van der Waals surface area contributed by atoms with E-state index in [0.29, 0.717) is 16.9 Å². The zero-order valence-electron chi connectivity index (χ0n) is 13.1. The SMILES string of the molecule is C[S+](C)CC(=O)C(=NOC(=O)c1ccccc1)c1ccccc1. The number of nitrogens with zero attached hydrogens (tertiary/aromatic N) is 1. The summed E-state index contributed by atoms with van der Waals surface area (Å²) < 4.78 is 0. The minimum atomic E-state index is -0.584. The van der Waals surface area contributed by atoms with Gasteiger partial charge in [-0.05, 0) is 23.0 Å². The minimum absolute atomic E-state index is 0.0611. The lowest BCUT2D eigenvalue weighted by Gasteiger charge is -2.04. The third kappa shape index (κ3) is 5.07. The van der Waals surface area contributed by atoms with Gasteiger partial charge in [0.1, 0.15) is 0 Å². The first-order chi connectivity index (χ1) is 11.1. The zero-order chi connectivity index (χ0) is 16.7.